The lowest BCUT2D eigenvalue weighted by atomic mass is 10.1. The summed E-state index contributed by atoms with van der Waals surface area (Å²) >= 11 is 6.24. The minimum atomic E-state index is -0.748. The summed E-state index contributed by atoms with van der Waals surface area (Å²) in [6.45, 7) is 7.41. The van der Waals surface area contributed by atoms with Gasteiger partial charge in [0, 0.05) is 11.1 Å². The molecule has 1 heterocycles. The predicted molar refractivity (Wildman–Crippen MR) is 116 cm³/mol. The van der Waals surface area contributed by atoms with E-state index >= 15 is 0 Å². The highest BCUT2D eigenvalue weighted by atomic mass is 35.5. The van der Waals surface area contributed by atoms with Crippen LogP contribution >= 0.6 is 11.6 Å². The summed E-state index contributed by atoms with van der Waals surface area (Å²) in [4.78, 5) is 39.5. The summed E-state index contributed by atoms with van der Waals surface area (Å²) < 4.78 is 2.49. The summed E-state index contributed by atoms with van der Waals surface area (Å²) in [5.41, 5.74) is 0.629. The van der Waals surface area contributed by atoms with Crippen LogP contribution in [0.1, 0.15) is 38.8 Å². The van der Waals surface area contributed by atoms with Crippen molar-refractivity contribution in [1.82, 2.24) is 14.5 Å². The van der Waals surface area contributed by atoms with Crippen molar-refractivity contribution in [3.8, 4) is 5.69 Å². The van der Waals surface area contributed by atoms with Gasteiger partial charge in [-0.1, -0.05) is 36.7 Å². The van der Waals surface area contributed by atoms with Crippen LogP contribution in [-0.4, -0.2) is 21.1 Å². The Kier molecular flexibility index (Phi) is 5.94. The number of nitrogens with one attached hydrogen (secondary N) is 1. The summed E-state index contributed by atoms with van der Waals surface area (Å²) in [5, 5.41) is 3.68. The molecule has 2 aromatic carbocycles. The van der Waals surface area contributed by atoms with Crippen molar-refractivity contribution in [2.45, 2.75) is 46.2 Å². The van der Waals surface area contributed by atoms with E-state index in [1.54, 1.807) is 42.5 Å². The molecule has 3 rings (SSSR count). The van der Waals surface area contributed by atoms with Gasteiger partial charge in [0.1, 0.15) is 6.04 Å². The maximum atomic E-state index is 13.5. The summed E-state index contributed by atoms with van der Waals surface area (Å²) in [6, 6.07) is 11.0. The number of fused-ring (bicyclic) bond motifs is 1. The molecule has 0 fully saturated rings. The van der Waals surface area contributed by atoms with Crippen LogP contribution in [0.2, 0.25) is 5.02 Å². The number of para-hydroxylation sites is 1. The molecule has 0 bridgehead atoms. The van der Waals surface area contributed by atoms with Crippen molar-refractivity contribution in [3.05, 3.63) is 73.9 Å². The molecule has 1 atom stereocenters. The third-order valence-electron chi connectivity index (χ3n) is 4.84. The number of hydrogen-bond donors (Lipinski definition) is 1. The number of aromatic nitrogens is 2. The Morgan fingerprint density at radius 3 is 2.45 bits per heavy atom. The minimum absolute atomic E-state index is 0.0691. The molecule has 152 valence electrons. The van der Waals surface area contributed by atoms with Gasteiger partial charge < -0.3 is 5.32 Å². The van der Waals surface area contributed by atoms with Crippen molar-refractivity contribution >= 4 is 28.4 Å². The first-order valence-corrected chi connectivity index (χ1v) is 9.97. The molecule has 29 heavy (non-hydrogen) atoms. The molecule has 0 spiro atoms. The number of carbonyl (C=O) groups excluding carboxylic acids is 1. The van der Waals surface area contributed by atoms with E-state index in [-0.39, 0.29) is 11.9 Å². The number of aryl methyl sites for hydroxylation is 1. The first kappa shape index (κ1) is 20.9. The second-order valence-electron chi connectivity index (χ2n) is 7.33. The number of benzene rings is 2. The number of rotatable bonds is 5. The summed E-state index contributed by atoms with van der Waals surface area (Å²) in [6.07, 6.45) is 0.398. The number of halogens is 1. The van der Waals surface area contributed by atoms with E-state index in [0.29, 0.717) is 28.0 Å². The molecule has 0 aliphatic carbocycles. The highest BCUT2D eigenvalue weighted by Gasteiger charge is 2.25. The largest absolute Gasteiger partial charge is 0.352 e. The monoisotopic (exact) mass is 413 g/mol. The Labute approximate surface area is 173 Å². The molecule has 0 radical (unpaired) electrons. The molecule has 0 aliphatic rings. The predicted octanol–water partition coefficient (Wildman–Crippen LogP) is 3.59. The highest BCUT2D eigenvalue weighted by molar-refractivity contribution is 6.31. The fourth-order valence-corrected chi connectivity index (χ4v) is 3.57. The number of hydrogen-bond acceptors (Lipinski definition) is 3. The zero-order valence-electron chi connectivity index (χ0n) is 16.9. The average molecular weight is 414 g/mol. The number of nitrogens with zero attached hydrogens (tertiary/aromatic N) is 2. The fourth-order valence-electron chi connectivity index (χ4n) is 3.40. The van der Waals surface area contributed by atoms with E-state index < -0.39 is 17.3 Å². The van der Waals surface area contributed by atoms with Gasteiger partial charge in [0.25, 0.3) is 5.56 Å². The van der Waals surface area contributed by atoms with Gasteiger partial charge in [-0.3, -0.25) is 14.2 Å². The van der Waals surface area contributed by atoms with Crippen LogP contribution in [0.3, 0.4) is 0 Å². The zero-order chi connectivity index (χ0) is 21.3. The molecular weight excluding hydrogens is 390 g/mol. The fraction of sp³-hybridized carbons (Fsp3) is 0.318. The number of amides is 1. The van der Waals surface area contributed by atoms with E-state index in [0.717, 1.165) is 10.1 Å². The van der Waals surface area contributed by atoms with E-state index in [1.165, 1.54) is 4.57 Å². The maximum absolute atomic E-state index is 13.5. The molecule has 0 unspecified atom stereocenters. The normalized spacial score (nSPS) is 12.3. The van der Waals surface area contributed by atoms with Gasteiger partial charge in [-0.2, -0.15) is 0 Å². The Balaban J connectivity index is 2.38. The summed E-state index contributed by atoms with van der Waals surface area (Å²) in [5.74, 6) is -0.262. The molecule has 3 aromatic rings. The van der Waals surface area contributed by atoms with Crippen molar-refractivity contribution in [3.63, 3.8) is 0 Å². The molecule has 0 saturated heterocycles. The van der Waals surface area contributed by atoms with E-state index in [9.17, 15) is 14.4 Å². The number of carbonyl (C=O) groups is 1. The Bertz CT molecular complexity index is 1190. The lowest BCUT2D eigenvalue weighted by Crippen LogP contribution is -2.45. The van der Waals surface area contributed by atoms with E-state index in [1.807, 2.05) is 27.7 Å². The van der Waals surface area contributed by atoms with Crippen LogP contribution in [-0.2, 0) is 4.79 Å². The smallest absolute Gasteiger partial charge is 0.336 e. The SMILES string of the molecule is CC[C@H](C(=O)NC(C)C)n1c(=O)n(-c2ccc(C)c(Cl)c2)c(=O)c2ccccc21. The first-order valence-electron chi connectivity index (χ1n) is 9.59. The Morgan fingerprint density at radius 1 is 1.14 bits per heavy atom. The first-order chi connectivity index (χ1) is 13.8. The van der Waals surface area contributed by atoms with Crippen LogP contribution < -0.4 is 16.6 Å². The Morgan fingerprint density at radius 2 is 1.83 bits per heavy atom. The molecule has 1 N–H and O–H groups in total. The van der Waals surface area contributed by atoms with Crippen molar-refractivity contribution in [2.24, 2.45) is 0 Å². The highest BCUT2D eigenvalue weighted by Crippen LogP contribution is 2.20. The van der Waals surface area contributed by atoms with Crippen molar-refractivity contribution in [2.75, 3.05) is 0 Å². The van der Waals surface area contributed by atoms with Gasteiger partial charge >= 0.3 is 5.69 Å². The molecule has 0 aliphatic heterocycles. The van der Waals surface area contributed by atoms with Gasteiger partial charge in [-0.05, 0) is 57.0 Å². The van der Waals surface area contributed by atoms with Crippen LogP contribution in [0, 0.1) is 6.92 Å². The standard InChI is InChI=1S/C22H24ClN3O3/c1-5-18(20(27)24-13(2)3)26-19-9-7-6-8-16(19)21(28)25(22(26)29)15-11-10-14(4)17(23)12-15/h6-13,18H,5H2,1-4H3,(H,24,27)/t18-/m1/s1. The van der Waals surface area contributed by atoms with Crippen molar-refractivity contribution in [1.29, 1.82) is 0 Å². The quantitative estimate of drug-likeness (QED) is 0.694. The molecule has 6 nitrogen and oxygen atoms in total. The van der Waals surface area contributed by atoms with Gasteiger partial charge in [-0.15, -0.1) is 0 Å². The maximum Gasteiger partial charge on any atom is 0.336 e. The second-order valence-corrected chi connectivity index (χ2v) is 7.74. The topological polar surface area (TPSA) is 73.1 Å². The average Bonchev–Trinajstić information content (AvgIpc) is 2.67. The van der Waals surface area contributed by atoms with Gasteiger partial charge in [0.2, 0.25) is 5.91 Å². The van der Waals surface area contributed by atoms with Crippen LogP contribution in [0.5, 0.6) is 0 Å². The lowest BCUT2D eigenvalue weighted by Gasteiger charge is -2.22. The lowest BCUT2D eigenvalue weighted by molar-refractivity contribution is -0.124. The second kappa shape index (κ2) is 8.25. The van der Waals surface area contributed by atoms with Gasteiger partial charge in [0.05, 0.1) is 16.6 Å². The molecular formula is C22H24ClN3O3. The van der Waals surface area contributed by atoms with Crippen molar-refractivity contribution < 1.29 is 4.79 Å². The third kappa shape index (κ3) is 3.85. The van der Waals surface area contributed by atoms with Crippen LogP contribution in [0.25, 0.3) is 16.6 Å². The van der Waals surface area contributed by atoms with Gasteiger partial charge in [0.15, 0.2) is 0 Å². The van der Waals surface area contributed by atoms with E-state index in [2.05, 4.69) is 5.32 Å². The molecule has 1 aromatic heterocycles. The summed E-state index contributed by atoms with van der Waals surface area (Å²) in [7, 11) is 0. The van der Waals surface area contributed by atoms with E-state index in [4.69, 9.17) is 11.6 Å². The third-order valence-corrected chi connectivity index (χ3v) is 5.25. The molecule has 1 amide bonds. The minimum Gasteiger partial charge on any atom is -0.352 e. The van der Waals surface area contributed by atoms with Gasteiger partial charge in [-0.25, -0.2) is 9.36 Å². The molecule has 7 heteroatoms. The van der Waals surface area contributed by atoms with Crippen LogP contribution in [0.4, 0.5) is 0 Å². The zero-order valence-corrected chi connectivity index (χ0v) is 17.7. The molecule has 0 saturated carbocycles. The Hall–Kier alpha value is -2.86. The van der Waals surface area contributed by atoms with Crippen LogP contribution in [0.15, 0.2) is 52.1 Å².